The van der Waals surface area contributed by atoms with Crippen molar-refractivity contribution >= 4 is 18.5 Å². The molecule has 0 aromatic carbocycles. The number of aliphatic hydroxyl groups excluding tert-OH is 1. The number of aromatic amines is 1. The number of hydrogen-bond acceptors (Lipinski definition) is 8. The van der Waals surface area contributed by atoms with E-state index in [0.717, 1.165) is 4.57 Å². The summed E-state index contributed by atoms with van der Waals surface area (Å²) in [5.41, 5.74) is -1.21. The first-order valence-electron chi connectivity index (χ1n) is 7.05. The Balaban J connectivity index is 1.83. The van der Waals surface area contributed by atoms with Crippen molar-refractivity contribution in [3.05, 3.63) is 33.1 Å². The Hall–Kier alpha value is -0.870. The highest BCUT2D eigenvalue weighted by Crippen LogP contribution is 2.57. The summed E-state index contributed by atoms with van der Waals surface area (Å²) < 4.78 is 23.4. The van der Waals surface area contributed by atoms with Crippen LogP contribution in [0.1, 0.15) is 20.1 Å². The number of H-pyrrole nitrogens is 1. The Labute approximate surface area is 136 Å². The molecule has 3 rings (SSSR count). The summed E-state index contributed by atoms with van der Waals surface area (Å²) >= 11 is 5.27. The number of fused-ring (bicyclic) bond motifs is 1. The highest BCUT2D eigenvalue weighted by Gasteiger charge is 2.52. The fraction of sp³-hybridized carbons (Fsp3) is 0.667. The van der Waals surface area contributed by atoms with Crippen LogP contribution in [0.25, 0.3) is 0 Å². The maximum atomic E-state index is 11.9. The summed E-state index contributed by atoms with van der Waals surface area (Å²) in [4.78, 5) is 25.1. The molecule has 0 aliphatic carbocycles. The number of hydrogen-bond donors (Lipinski definition) is 2. The van der Waals surface area contributed by atoms with Gasteiger partial charge in [0.25, 0.3) is 5.56 Å². The second-order valence-corrected chi connectivity index (χ2v) is 8.46. The molecule has 0 spiro atoms. The molecule has 2 aliphatic rings. The average molecular weight is 364 g/mol. The highest BCUT2D eigenvalue weighted by molar-refractivity contribution is 8.07. The van der Waals surface area contributed by atoms with E-state index in [2.05, 4.69) is 4.98 Å². The zero-order valence-corrected chi connectivity index (χ0v) is 14.2. The van der Waals surface area contributed by atoms with E-state index in [4.69, 9.17) is 30.1 Å². The van der Waals surface area contributed by atoms with E-state index in [1.54, 1.807) is 13.8 Å². The van der Waals surface area contributed by atoms with Crippen molar-refractivity contribution < 1.29 is 23.4 Å². The minimum atomic E-state index is -2.97. The molecule has 1 aromatic heterocycles. The van der Waals surface area contributed by atoms with Crippen molar-refractivity contribution in [3.63, 3.8) is 0 Å². The number of aliphatic hydroxyl groups is 1. The molecule has 0 bridgehead atoms. The number of nitrogens with zero attached hydrogens (tertiary/aromatic N) is 1. The van der Waals surface area contributed by atoms with Gasteiger partial charge >= 0.3 is 12.4 Å². The molecule has 11 heteroatoms. The van der Waals surface area contributed by atoms with E-state index in [-0.39, 0.29) is 12.7 Å². The van der Waals surface area contributed by atoms with Crippen molar-refractivity contribution in [2.24, 2.45) is 0 Å². The monoisotopic (exact) mass is 364 g/mol. The normalized spacial score (nSPS) is 37.0. The zero-order valence-electron chi connectivity index (χ0n) is 12.4. The van der Waals surface area contributed by atoms with Crippen LogP contribution in [-0.2, 0) is 30.1 Å². The minimum absolute atomic E-state index is 0.0975. The van der Waals surface area contributed by atoms with Crippen LogP contribution in [0, 0.1) is 0 Å². The zero-order chi connectivity index (χ0) is 16.8. The van der Waals surface area contributed by atoms with Crippen LogP contribution in [0.3, 0.4) is 0 Å². The van der Waals surface area contributed by atoms with Crippen LogP contribution in [0.2, 0.25) is 0 Å². The van der Waals surface area contributed by atoms with Gasteiger partial charge in [0.1, 0.15) is 18.3 Å². The molecule has 0 radical (unpaired) electrons. The molecular weight excluding hydrogens is 347 g/mol. The van der Waals surface area contributed by atoms with Crippen LogP contribution in [0.15, 0.2) is 21.9 Å². The molecule has 128 valence electrons. The second-order valence-electron chi connectivity index (χ2n) is 5.54. The lowest BCUT2D eigenvalue weighted by Gasteiger charge is -2.34. The summed E-state index contributed by atoms with van der Waals surface area (Å²) in [7, 11) is 0. The average Bonchev–Trinajstić information content (AvgIpc) is 2.75. The Morgan fingerprint density at radius 2 is 2.26 bits per heavy atom. The Morgan fingerprint density at radius 3 is 2.91 bits per heavy atom. The predicted octanol–water partition coefficient (Wildman–Crippen LogP) is -0.140. The van der Waals surface area contributed by atoms with E-state index in [9.17, 15) is 14.7 Å². The van der Waals surface area contributed by atoms with Crippen molar-refractivity contribution in [1.29, 1.82) is 0 Å². The summed E-state index contributed by atoms with van der Waals surface area (Å²) in [5.74, 6) is 0. The third kappa shape index (κ3) is 3.34. The van der Waals surface area contributed by atoms with Crippen molar-refractivity contribution in [3.8, 4) is 0 Å². The van der Waals surface area contributed by atoms with Crippen LogP contribution in [-0.4, -0.2) is 45.7 Å². The van der Waals surface area contributed by atoms with Gasteiger partial charge in [-0.15, -0.1) is 0 Å². The molecule has 2 saturated heterocycles. The molecule has 2 aliphatic heterocycles. The minimum Gasteiger partial charge on any atom is -0.386 e. The molecule has 0 saturated carbocycles. The molecule has 1 unspecified atom stereocenters. The van der Waals surface area contributed by atoms with E-state index in [1.165, 1.54) is 12.3 Å². The molecule has 5 atom stereocenters. The number of rotatable bonds is 3. The molecule has 1 aromatic rings. The second kappa shape index (κ2) is 6.21. The van der Waals surface area contributed by atoms with Gasteiger partial charge < -0.3 is 18.9 Å². The molecular formula is C12H17N2O7PS. The van der Waals surface area contributed by atoms with E-state index < -0.39 is 42.5 Å². The lowest BCUT2D eigenvalue weighted by molar-refractivity contribution is -0.0660. The number of nitrogens with one attached hydrogen (secondary N) is 1. The molecule has 2 N–H and O–H groups in total. The van der Waals surface area contributed by atoms with Gasteiger partial charge in [-0.1, -0.05) is 0 Å². The molecule has 0 amide bonds. The highest BCUT2D eigenvalue weighted by atomic mass is 32.5. The third-order valence-corrected chi connectivity index (χ3v) is 5.90. The molecule has 9 nitrogen and oxygen atoms in total. The van der Waals surface area contributed by atoms with Crippen LogP contribution >= 0.6 is 6.72 Å². The molecule has 3 heterocycles. The fourth-order valence-electron chi connectivity index (χ4n) is 2.50. The van der Waals surface area contributed by atoms with Gasteiger partial charge in [0.05, 0.1) is 12.7 Å². The lowest BCUT2D eigenvalue weighted by Crippen LogP contribution is -2.40. The van der Waals surface area contributed by atoms with Crippen molar-refractivity contribution in [2.45, 2.75) is 44.5 Å². The number of ether oxygens (including phenoxy) is 1. The first kappa shape index (κ1) is 17.0. The van der Waals surface area contributed by atoms with Crippen LogP contribution < -0.4 is 11.2 Å². The summed E-state index contributed by atoms with van der Waals surface area (Å²) in [6.45, 7) is 0.736. The Bertz CT molecular complexity index is 747. The SMILES string of the molecule is CC(C)OP1(=S)OC[C@H]2O[C@@H](n3ccc(=O)[nH]c3=O)[C@H](O)[C@@H]2O1. The predicted molar refractivity (Wildman–Crippen MR) is 82.6 cm³/mol. The van der Waals surface area contributed by atoms with Gasteiger partial charge in [-0.25, -0.2) is 4.79 Å². The largest absolute Gasteiger partial charge is 0.386 e. The van der Waals surface area contributed by atoms with Crippen LogP contribution in [0.5, 0.6) is 0 Å². The van der Waals surface area contributed by atoms with Gasteiger partial charge in [0, 0.05) is 12.3 Å². The van der Waals surface area contributed by atoms with Gasteiger partial charge in [0.15, 0.2) is 6.23 Å². The van der Waals surface area contributed by atoms with Gasteiger partial charge in [-0.3, -0.25) is 18.9 Å². The Morgan fingerprint density at radius 1 is 1.52 bits per heavy atom. The first-order valence-corrected chi connectivity index (χ1v) is 9.61. The third-order valence-electron chi connectivity index (χ3n) is 3.42. The summed E-state index contributed by atoms with van der Waals surface area (Å²) in [6.07, 6.45) is -2.43. The van der Waals surface area contributed by atoms with Crippen molar-refractivity contribution in [2.75, 3.05) is 6.61 Å². The lowest BCUT2D eigenvalue weighted by atomic mass is 10.1. The summed E-state index contributed by atoms with van der Waals surface area (Å²) in [5, 5.41) is 10.5. The van der Waals surface area contributed by atoms with E-state index in [0.29, 0.717) is 0 Å². The fourth-order valence-corrected chi connectivity index (χ4v) is 5.07. The van der Waals surface area contributed by atoms with Gasteiger partial charge in [-0.2, -0.15) is 0 Å². The quantitative estimate of drug-likeness (QED) is 0.713. The molecule has 23 heavy (non-hydrogen) atoms. The standard InChI is InChI=1S/C12H17N2O7PS/c1-6(2)20-22(23)18-5-7-10(21-22)9(16)11(19-7)14-4-3-8(15)13-12(14)17/h3-4,6-7,9-11,16H,5H2,1-2H3,(H,13,15,17)/t7-,9-,10-,11-,22?/m1/s1. The number of aromatic nitrogens is 2. The van der Waals surface area contributed by atoms with Crippen LogP contribution in [0.4, 0.5) is 0 Å². The maximum absolute atomic E-state index is 11.9. The smallest absolute Gasteiger partial charge is 0.330 e. The molecule has 2 fully saturated rings. The van der Waals surface area contributed by atoms with Crippen molar-refractivity contribution in [1.82, 2.24) is 9.55 Å². The maximum Gasteiger partial charge on any atom is 0.330 e. The van der Waals surface area contributed by atoms with E-state index >= 15 is 0 Å². The summed E-state index contributed by atoms with van der Waals surface area (Å²) in [6, 6.07) is 1.17. The Kier molecular flexibility index (Phi) is 4.58. The first-order chi connectivity index (χ1) is 10.8. The topological polar surface area (TPSA) is 112 Å². The van der Waals surface area contributed by atoms with Gasteiger partial charge in [0.2, 0.25) is 0 Å². The van der Waals surface area contributed by atoms with E-state index in [1.807, 2.05) is 0 Å². The van der Waals surface area contributed by atoms with Gasteiger partial charge in [-0.05, 0) is 25.7 Å².